The van der Waals surface area contributed by atoms with Crippen molar-refractivity contribution in [2.75, 3.05) is 125 Å². The van der Waals surface area contributed by atoms with E-state index in [4.69, 9.17) is 47.4 Å². The van der Waals surface area contributed by atoms with E-state index in [2.05, 4.69) is 36.2 Å². The smallest absolute Gasteiger partial charge is 0.407 e. The van der Waals surface area contributed by atoms with Gasteiger partial charge in [0.25, 0.3) is 0 Å². The Morgan fingerprint density at radius 1 is 0.531 bits per heavy atom. The molecule has 2 aromatic carbocycles. The van der Waals surface area contributed by atoms with Crippen LogP contribution in [0.2, 0.25) is 0 Å². The van der Waals surface area contributed by atoms with E-state index in [-0.39, 0.29) is 19.1 Å². The predicted molar refractivity (Wildman–Crippen MR) is 181 cm³/mol. The van der Waals surface area contributed by atoms with Crippen molar-refractivity contribution in [2.24, 2.45) is 0 Å². The van der Waals surface area contributed by atoms with E-state index in [1.54, 1.807) is 0 Å². The van der Waals surface area contributed by atoms with E-state index in [0.717, 1.165) is 6.08 Å². The first-order valence-electron chi connectivity index (χ1n) is 16.7. The van der Waals surface area contributed by atoms with Crippen LogP contribution in [-0.2, 0) is 52.2 Å². The van der Waals surface area contributed by atoms with E-state index in [0.29, 0.717) is 112 Å². The highest BCUT2D eigenvalue weighted by atomic mass is 16.6. The number of fused-ring (bicyclic) bond motifs is 3. The Morgan fingerprint density at radius 3 is 1.31 bits per heavy atom. The van der Waals surface area contributed by atoms with Gasteiger partial charge >= 0.3 is 12.1 Å². The Morgan fingerprint density at radius 2 is 0.898 bits per heavy atom. The Balaban J connectivity index is 0.984. The molecule has 0 atom stereocenters. The normalized spacial score (nSPS) is 12.0. The van der Waals surface area contributed by atoms with Crippen LogP contribution in [0.15, 0.2) is 61.2 Å². The fourth-order valence-corrected chi connectivity index (χ4v) is 4.78. The maximum absolute atomic E-state index is 12.2. The molecule has 0 fully saturated rings. The summed E-state index contributed by atoms with van der Waals surface area (Å²) in [5, 5.41) is 2.74. The van der Waals surface area contributed by atoms with Crippen molar-refractivity contribution in [2.45, 2.75) is 5.92 Å². The zero-order valence-electron chi connectivity index (χ0n) is 28.3. The summed E-state index contributed by atoms with van der Waals surface area (Å²) in [6.45, 7) is 11.2. The molecule has 1 N–H and O–H groups in total. The van der Waals surface area contributed by atoms with Crippen LogP contribution < -0.4 is 5.32 Å². The Hall–Kier alpha value is -3.40. The van der Waals surface area contributed by atoms with Crippen LogP contribution in [-0.4, -0.2) is 138 Å². The molecule has 3 rings (SSSR count). The number of hydrogen-bond acceptors (Lipinski definition) is 12. The van der Waals surface area contributed by atoms with Crippen LogP contribution in [0.25, 0.3) is 11.1 Å². The molecule has 1 amide bonds. The molecular formula is C36H51NO12. The lowest BCUT2D eigenvalue weighted by Gasteiger charge is -2.14. The lowest BCUT2D eigenvalue weighted by molar-refractivity contribution is -0.139. The molecule has 13 nitrogen and oxygen atoms in total. The zero-order valence-corrected chi connectivity index (χ0v) is 28.3. The van der Waals surface area contributed by atoms with Gasteiger partial charge in [-0.25, -0.2) is 9.59 Å². The van der Waals surface area contributed by atoms with Crippen molar-refractivity contribution in [3.8, 4) is 11.1 Å². The molecule has 0 aromatic heterocycles. The summed E-state index contributed by atoms with van der Waals surface area (Å²) in [6, 6.07) is 16.5. The molecule has 0 unspecified atom stereocenters. The number of nitrogens with one attached hydrogen (secondary N) is 1. The lowest BCUT2D eigenvalue weighted by atomic mass is 9.98. The standard InChI is InChI=1S/C36H51NO12/c1-2-35(38)48-28-27-47-26-25-46-24-23-45-22-21-44-20-19-43-18-17-42-16-15-41-14-13-40-12-11-37-36(39)49-29-34-32-9-5-3-7-30(32)31-8-4-6-10-33(31)34/h2-10,34H,1,11-29H2,(H,37,39). The second kappa shape index (κ2) is 26.5. The topological polar surface area (TPSA) is 138 Å². The van der Waals surface area contributed by atoms with Gasteiger partial charge in [-0.05, 0) is 22.3 Å². The summed E-state index contributed by atoms with van der Waals surface area (Å²) in [7, 11) is 0. The van der Waals surface area contributed by atoms with E-state index in [1.165, 1.54) is 22.3 Å². The summed E-state index contributed by atoms with van der Waals surface area (Å²) in [5.41, 5.74) is 4.76. The van der Waals surface area contributed by atoms with Gasteiger partial charge in [0.1, 0.15) is 13.2 Å². The number of esters is 1. The Kier molecular flexibility index (Phi) is 21.6. The molecule has 49 heavy (non-hydrogen) atoms. The molecule has 1 aliphatic carbocycles. The molecule has 2 aromatic rings. The zero-order chi connectivity index (χ0) is 34.6. The summed E-state index contributed by atoms with van der Waals surface area (Å²) in [5.74, 6) is -0.429. The molecule has 13 heteroatoms. The fourth-order valence-electron chi connectivity index (χ4n) is 4.78. The van der Waals surface area contributed by atoms with Gasteiger partial charge in [0.05, 0.1) is 106 Å². The first-order valence-corrected chi connectivity index (χ1v) is 16.7. The molecule has 0 radical (unpaired) electrons. The summed E-state index contributed by atoms with van der Waals surface area (Å²) in [6.07, 6.45) is 0.655. The van der Waals surface area contributed by atoms with Crippen molar-refractivity contribution >= 4 is 12.1 Å². The molecule has 0 saturated carbocycles. The second-order valence-electron chi connectivity index (χ2n) is 10.5. The molecule has 0 saturated heterocycles. The minimum absolute atomic E-state index is 0.0347. The molecule has 1 aliphatic rings. The Labute approximate surface area is 289 Å². The SMILES string of the molecule is C=CC(=O)OCCOCCOCCOCCOCCOCCOCCOCCOCCNC(=O)OCC1c2ccccc2-c2ccccc21. The number of alkyl carbamates (subject to hydrolysis) is 1. The maximum atomic E-state index is 12.2. The highest BCUT2D eigenvalue weighted by Crippen LogP contribution is 2.44. The number of amides is 1. The van der Waals surface area contributed by atoms with E-state index < -0.39 is 12.1 Å². The van der Waals surface area contributed by atoms with Crippen molar-refractivity contribution in [1.29, 1.82) is 0 Å². The van der Waals surface area contributed by atoms with Crippen LogP contribution in [0.1, 0.15) is 17.0 Å². The first kappa shape index (κ1) is 40.0. The lowest BCUT2D eigenvalue weighted by Crippen LogP contribution is -2.29. The van der Waals surface area contributed by atoms with Gasteiger partial charge in [-0.15, -0.1) is 0 Å². The third-order valence-corrected chi connectivity index (χ3v) is 7.10. The van der Waals surface area contributed by atoms with Crippen LogP contribution >= 0.6 is 0 Å². The quantitative estimate of drug-likeness (QED) is 0.0731. The largest absolute Gasteiger partial charge is 0.460 e. The highest BCUT2D eigenvalue weighted by Gasteiger charge is 2.28. The molecule has 0 bridgehead atoms. The molecule has 272 valence electrons. The number of hydrogen-bond donors (Lipinski definition) is 1. The fraction of sp³-hybridized carbons (Fsp3) is 0.556. The minimum Gasteiger partial charge on any atom is -0.460 e. The van der Waals surface area contributed by atoms with Crippen LogP contribution in [0.5, 0.6) is 0 Å². The monoisotopic (exact) mass is 689 g/mol. The highest BCUT2D eigenvalue weighted by molar-refractivity contribution is 5.81. The van der Waals surface area contributed by atoms with Crippen LogP contribution in [0.3, 0.4) is 0 Å². The molecule has 0 spiro atoms. The Bertz CT molecular complexity index is 1150. The number of carbonyl (C=O) groups excluding carboxylic acids is 2. The van der Waals surface area contributed by atoms with Crippen molar-refractivity contribution < 1.29 is 57.0 Å². The maximum Gasteiger partial charge on any atom is 0.407 e. The van der Waals surface area contributed by atoms with Crippen molar-refractivity contribution in [3.05, 3.63) is 72.3 Å². The molecule has 0 heterocycles. The molecular weight excluding hydrogens is 638 g/mol. The number of carbonyl (C=O) groups is 2. The van der Waals surface area contributed by atoms with Crippen LogP contribution in [0.4, 0.5) is 4.79 Å². The second-order valence-corrected chi connectivity index (χ2v) is 10.5. The average Bonchev–Trinajstić information content (AvgIpc) is 3.45. The van der Waals surface area contributed by atoms with Crippen molar-refractivity contribution in [1.82, 2.24) is 5.32 Å². The number of benzene rings is 2. The third kappa shape index (κ3) is 17.2. The third-order valence-electron chi connectivity index (χ3n) is 7.10. The minimum atomic E-state index is -0.463. The summed E-state index contributed by atoms with van der Waals surface area (Å²) < 4.78 is 53.8. The van der Waals surface area contributed by atoms with E-state index in [1.807, 2.05) is 24.3 Å². The van der Waals surface area contributed by atoms with Gasteiger partial charge < -0.3 is 52.7 Å². The van der Waals surface area contributed by atoms with Gasteiger partial charge in [-0.2, -0.15) is 0 Å². The average molecular weight is 690 g/mol. The molecule has 0 aliphatic heterocycles. The van der Waals surface area contributed by atoms with Gasteiger partial charge in [0, 0.05) is 18.5 Å². The van der Waals surface area contributed by atoms with Gasteiger partial charge in [-0.3, -0.25) is 0 Å². The summed E-state index contributed by atoms with van der Waals surface area (Å²) >= 11 is 0. The number of rotatable bonds is 30. The van der Waals surface area contributed by atoms with Crippen molar-refractivity contribution in [3.63, 3.8) is 0 Å². The predicted octanol–water partition coefficient (Wildman–Crippen LogP) is 3.39. The number of ether oxygens (including phenoxy) is 10. The van der Waals surface area contributed by atoms with Gasteiger partial charge in [-0.1, -0.05) is 55.1 Å². The van der Waals surface area contributed by atoms with E-state index in [9.17, 15) is 9.59 Å². The van der Waals surface area contributed by atoms with Gasteiger partial charge in [0.2, 0.25) is 0 Å². The van der Waals surface area contributed by atoms with Crippen LogP contribution in [0, 0.1) is 0 Å². The van der Waals surface area contributed by atoms with E-state index >= 15 is 0 Å². The van der Waals surface area contributed by atoms with Gasteiger partial charge in [0.15, 0.2) is 0 Å². The first-order chi connectivity index (χ1) is 24.2. The summed E-state index contributed by atoms with van der Waals surface area (Å²) in [4.78, 5) is 23.1.